The molecular weight excluding hydrogens is 410 g/mol. The summed E-state index contributed by atoms with van der Waals surface area (Å²) in [6.45, 7) is 0. The van der Waals surface area contributed by atoms with Gasteiger partial charge in [-0.05, 0) is 49.8 Å². The first-order valence-electron chi connectivity index (χ1n) is 10.9. The fourth-order valence-electron chi connectivity index (χ4n) is 4.24. The minimum atomic E-state index is -0.213. The second-order valence-corrected chi connectivity index (χ2v) is 8.35. The van der Waals surface area contributed by atoms with E-state index in [4.69, 9.17) is 9.47 Å². The molecule has 2 aliphatic carbocycles. The molecule has 0 spiro atoms. The van der Waals surface area contributed by atoms with Gasteiger partial charge >= 0.3 is 0 Å². The highest BCUT2D eigenvalue weighted by Gasteiger charge is 2.35. The molecule has 1 N–H and O–H groups in total. The molecule has 166 valence electrons. The van der Waals surface area contributed by atoms with Crippen LogP contribution < -0.4 is 14.8 Å². The van der Waals surface area contributed by atoms with Crippen molar-refractivity contribution >= 4 is 29.3 Å². The van der Waals surface area contributed by atoms with Gasteiger partial charge in [-0.2, -0.15) is 14.8 Å². The van der Waals surface area contributed by atoms with E-state index in [1.54, 1.807) is 26.4 Å². The Morgan fingerprint density at radius 1 is 1.12 bits per heavy atom. The molecule has 1 atom stereocenters. The zero-order valence-electron chi connectivity index (χ0n) is 18.1. The number of nitrogens with one attached hydrogen (secondary N) is 1. The van der Waals surface area contributed by atoms with E-state index in [1.807, 2.05) is 12.1 Å². The summed E-state index contributed by atoms with van der Waals surface area (Å²) in [5, 5.41) is 7.56. The Bertz CT molecular complexity index is 1150. The third kappa shape index (κ3) is 3.90. The molecule has 0 saturated heterocycles. The molecule has 3 aliphatic rings. The minimum Gasteiger partial charge on any atom is -0.493 e. The topological polar surface area (TPSA) is 107 Å². The van der Waals surface area contributed by atoms with Crippen molar-refractivity contribution in [2.45, 2.75) is 44.4 Å². The largest absolute Gasteiger partial charge is 0.493 e. The van der Waals surface area contributed by atoms with E-state index in [0.717, 1.165) is 49.1 Å². The summed E-state index contributed by atoms with van der Waals surface area (Å²) in [6, 6.07) is 7.23. The molecule has 9 heteroatoms. The van der Waals surface area contributed by atoms with Gasteiger partial charge in [0.05, 0.1) is 32.3 Å². The Kier molecular flexibility index (Phi) is 5.24. The van der Waals surface area contributed by atoms with Gasteiger partial charge in [0.2, 0.25) is 5.91 Å². The molecule has 0 bridgehead atoms. The first-order chi connectivity index (χ1) is 15.6. The third-order valence-electron chi connectivity index (χ3n) is 6.07. The average Bonchev–Trinajstić information content (AvgIpc) is 3.37. The number of anilines is 1. The fourth-order valence-corrected chi connectivity index (χ4v) is 4.24. The molecule has 1 aromatic heterocycles. The predicted octanol–water partition coefficient (Wildman–Crippen LogP) is 2.94. The highest BCUT2D eigenvalue weighted by Crippen LogP contribution is 2.40. The Hall–Kier alpha value is -3.49. The van der Waals surface area contributed by atoms with Gasteiger partial charge in [-0.15, -0.1) is 0 Å². The van der Waals surface area contributed by atoms with Gasteiger partial charge < -0.3 is 14.8 Å². The molecule has 0 radical (unpaired) electrons. The molecule has 1 aliphatic heterocycles. The van der Waals surface area contributed by atoms with E-state index in [0.29, 0.717) is 23.2 Å². The Morgan fingerprint density at radius 3 is 2.69 bits per heavy atom. The summed E-state index contributed by atoms with van der Waals surface area (Å²) in [5.74, 6) is 1.68. The smallest absolute Gasteiger partial charge is 0.257 e. The van der Waals surface area contributed by atoms with Crippen molar-refractivity contribution in [3.05, 3.63) is 35.5 Å². The van der Waals surface area contributed by atoms with Crippen LogP contribution in [0.3, 0.4) is 0 Å². The maximum Gasteiger partial charge on any atom is 0.257 e. The number of aliphatic imine (C=N–C) groups is 2. The summed E-state index contributed by atoms with van der Waals surface area (Å²) in [4.78, 5) is 34.1. The standard InChI is InChI=1S/C23H25N5O4/c1-31-18-9-6-13(10-19(18)32-2)11-21(29)25-20-12-17(14-7-8-14)27-28(20)23-24-16-5-3-4-15(16)22(30)26-23/h6,9-10,12,14-15H,3-5,7-8,11H2,1-2H3,(H,25,29). The summed E-state index contributed by atoms with van der Waals surface area (Å²) in [7, 11) is 3.13. The quantitative estimate of drug-likeness (QED) is 0.751. The molecule has 2 aromatic rings. The molecular formula is C23H25N5O4. The first kappa shape index (κ1) is 20.4. The van der Waals surface area contributed by atoms with Crippen LogP contribution in [0.1, 0.15) is 49.3 Å². The molecule has 1 unspecified atom stereocenters. The first-order valence-corrected chi connectivity index (χ1v) is 10.9. The van der Waals surface area contributed by atoms with Gasteiger partial charge in [-0.1, -0.05) is 6.07 Å². The number of hydrogen-bond donors (Lipinski definition) is 1. The second kappa shape index (κ2) is 8.22. The van der Waals surface area contributed by atoms with E-state index in [9.17, 15) is 9.59 Å². The van der Waals surface area contributed by atoms with E-state index in [1.165, 1.54) is 4.68 Å². The van der Waals surface area contributed by atoms with Gasteiger partial charge in [-0.25, -0.2) is 4.99 Å². The van der Waals surface area contributed by atoms with Crippen LogP contribution in [0, 0.1) is 5.92 Å². The predicted molar refractivity (Wildman–Crippen MR) is 119 cm³/mol. The van der Waals surface area contributed by atoms with Crippen LogP contribution in [-0.2, 0) is 16.0 Å². The number of nitrogens with zero attached hydrogens (tertiary/aromatic N) is 4. The Morgan fingerprint density at radius 2 is 1.94 bits per heavy atom. The van der Waals surface area contributed by atoms with E-state index in [-0.39, 0.29) is 30.1 Å². The number of benzene rings is 1. The van der Waals surface area contributed by atoms with Gasteiger partial charge in [0.15, 0.2) is 11.5 Å². The van der Waals surface area contributed by atoms with Gasteiger partial charge in [-0.3, -0.25) is 9.59 Å². The van der Waals surface area contributed by atoms with Crippen LogP contribution >= 0.6 is 0 Å². The van der Waals surface area contributed by atoms with Crippen molar-refractivity contribution in [1.82, 2.24) is 9.78 Å². The molecule has 5 rings (SSSR count). The molecule has 1 aromatic carbocycles. The van der Waals surface area contributed by atoms with Crippen LogP contribution in [0.5, 0.6) is 11.5 Å². The number of rotatable bonds is 6. The Labute approximate surface area is 185 Å². The summed E-state index contributed by atoms with van der Waals surface area (Å²) in [5.41, 5.74) is 2.54. The average molecular weight is 435 g/mol. The number of hydrogen-bond acceptors (Lipinski definition) is 6. The van der Waals surface area contributed by atoms with Gasteiger partial charge in [0.1, 0.15) is 5.82 Å². The lowest BCUT2D eigenvalue weighted by Crippen LogP contribution is -2.29. The van der Waals surface area contributed by atoms with Crippen molar-refractivity contribution in [3.8, 4) is 11.5 Å². The molecule has 2 saturated carbocycles. The Balaban J connectivity index is 1.39. The van der Waals surface area contributed by atoms with Crippen LogP contribution in [0.15, 0.2) is 34.3 Å². The number of methoxy groups -OCH3 is 2. The van der Waals surface area contributed by atoms with Crippen molar-refractivity contribution in [1.29, 1.82) is 0 Å². The molecule has 2 heterocycles. The lowest BCUT2D eigenvalue weighted by atomic mass is 10.1. The van der Waals surface area contributed by atoms with Crippen LogP contribution in [0.2, 0.25) is 0 Å². The molecule has 32 heavy (non-hydrogen) atoms. The van der Waals surface area contributed by atoms with E-state index < -0.39 is 0 Å². The normalized spacial score (nSPS) is 19.8. The minimum absolute atomic E-state index is 0.145. The van der Waals surface area contributed by atoms with Gasteiger partial charge in [0, 0.05) is 17.7 Å². The molecule has 9 nitrogen and oxygen atoms in total. The number of carbonyl (C=O) groups is 2. The van der Waals surface area contributed by atoms with Crippen molar-refractivity contribution in [2.75, 3.05) is 19.5 Å². The van der Waals surface area contributed by atoms with Gasteiger partial charge in [0.25, 0.3) is 11.9 Å². The molecule has 2 fully saturated rings. The number of carbonyl (C=O) groups excluding carboxylic acids is 2. The summed E-state index contributed by atoms with van der Waals surface area (Å²) >= 11 is 0. The van der Waals surface area contributed by atoms with E-state index >= 15 is 0 Å². The lowest BCUT2D eigenvalue weighted by Gasteiger charge is -2.15. The SMILES string of the molecule is COc1ccc(CC(=O)Nc2cc(C3CC3)nn2C2=NC(=O)C3CCCC3=N2)cc1OC. The van der Waals surface area contributed by atoms with Crippen LogP contribution in [0.4, 0.5) is 5.82 Å². The highest BCUT2D eigenvalue weighted by atomic mass is 16.5. The maximum absolute atomic E-state index is 12.8. The van der Waals surface area contributed by atoms with Crippen molar-refractivity contribution in [2.24, 2.45) is 15.9 Å². The van der Waals surface area contributed by atoms with E-state index in [2.05, 4.69) is 20.4 Å². The lowest BCUT2D eigenvalue weighted by molar-refractivity contribution is -0.119. The maximum atomic E-state index is 12.8. The van der Waals surface area contributed by atoms with Crippen molar-refractivity contribution in [3.63, 3.8) is 0 Å². The summed E-state index contributed by atoms with van der Waals surface area (Å²) < 4.78 is 12.1. The monoisotopic (exact) mass is 435 g/mol. The zero-order valence-corrected chi connectivity index (χ0v) is 18.1. The van der Waals surface area contributed by atoms with Crippen molar-refractivity contribution < 1.29 is 19.1 Å². The highest BCUT2D eigenvalue weighted by molar-refractivity contribution is 6.17. The second-order valence-electron chi connectivity index (χ2n) is 8.35. The summed E-state index contributed by atoms with van der Waals surface area (Å²) in [6.07, 6.45) is 4.82. The molecule has 2 amide bonds. The fraction of sp³-hybridized carbons (Fsp3) is 0.435. The number of amides is 2. The van der Waals surface area contributed by atoms with Crippen LogP contribution in [-0.4, -0.2) is 47.5 Å². The third-order valence-corrected chi connectivity index (χ3v) is 6.07. The number of aromatic nitrogens is 2. The number of ether oxygens (including phenoxy) is 2. The van der Waals surface area contributed by atoms with Crippen LogP contribution in [0.25, 0.3) is 0 Å². The number of fused-ring (bicyclic) bond motifs is 1. The zero-order chi connectivity index (χ0) is 22.2.